The molecule has 6 nitrogen and oxygen atoms in total. The number of aromatic nitrogens is 2. The molecule has 1 aromatic carbocycles. The van der Waals surface area contributed by atoms with Gasteiger partial charge in [-0.3, -0.25) is 10.2 Å². The zero-order chi connectivity index (χ0) is 16.6. The molecular formula is C16H18N4O2S. The van der Waals surface area contributed by atoms with Crippen LogP contribution in [-0.2, 0) is 6.42 Å². The standard InChI is InChI=1S/C16H18N4O2S/c1-5-11-6-7-12-13(8-11)23-15(17-12)18-16(21)20(4)14-9(2)19-22-10(14)3/h6-8H,5H2,1-4H3,(H,17,18,21). The van der Waals surface area contributed by atoms with Crippen molar-refractivity contribution in [2.24, 2.45) is 0 Å². The summed E-state index contributed by atoms with van der Waals surface area (Å²) in [4.78, 5) is 18.4. The highest BCUT2D eigenvalue weighted by atomic mass is 32.1. The van der Waals surface area contributed by atoms with Gasteiger partial charge in [-0.25, -0.2) is 9.78 Å². The van der Waals surface area contributed by atoms with Crippen LogP contribution >= 0.6 is 11.3 Å². The van der Waals surface area contributed by atoms with Crippen molar-refractivity contribution >= 4 is 38.4 Å². The minimum absolute atomic E-state index is 0.269. The normalized spacial score (nSPS) is 11.0. The van der Waals surface area contributed by atoms with E-state index in [-0.39, 0.29) is 6.03 Å². The molecule has 0 radical (unpaired) electrons. The monoisotopic (exact) mass is 330 g/mol. The van der Waals surface area contributed by atoms with Crippen LogP contribution in [0.5, 0.6) is 0 Å². The molecule has 23 heavy (non-hydrogen) atoms. The Morgan fingerprint density at radius 3 is 2.83 bits per heavy atom. The molecule has 3 rings (SSSR count). The van der Waals surface area contributed by atoms with Gasteiger partial charge in [-0.1, -0.05) is 29.5 Å². The molecule has 0 unspecified atom stereocenters. The average Bonchev–Trinajstić information content (AvgIpc) is 3.08. The van der Waals surface area contributed by atoms with Gasteiger partial charge in [0.2, 0.25) is 0 Å². The highest BCUT2D eigenvalue weighted by Crippen LogP contribution is 2.28. The maximum absolute atomic E-state index is 12.4. The van der Waals surface area contributed by atoms with E-state index in [1.165, 1.54) is 21.8 Å². The molecule has 0 aliphatic carbocycles. The molecule has 2 amide bonds. The number of anilines is 2. The van der Waals surface area contributed by atoms with E-state index in [2.05, 4.69) is 34.5 Å². The number of fused-ring (bicyclic) bond motifs is 1. The lowest BCUT2D eigenvalue weighted by atomic mass is 10.2. The number of urea groups is 1. The Morgan fingerprint density at radius 2 is 2.17 bits per heavy atom. The molecule has 1 N–H and O–H groups in total. The van der Waals surface area contributed by atoms with Gasteiger partial charge in [-0.15, -0.1) is 0 Å². The molecule has 0 fully saturated rings. The first-order valence-corrected chi connectivity index (χ1v) is 8.18. The fourth-order valence-corrected chi connectivity index (χ4v) is 3.40. The van der Waals surface area contributed by atoms with Crippen LogP contribution in [0.3, 0.4) is 0 Å². The van der Waals surface area contributed by atoms with Crippen LogP contribution in [0.2, 0.25) is 0 Å². The van der Waals surface area contributed by atoms with Crippen molar-refractivity contribution in [3.8, 4) is 0 Å². The summed E-state index contributed by atoms with van der Waals surface area (Å²) < 4.78 is 6.17. The zero-order valence-corrected chi connectivity index (χ0v) is 14.3. The quantitative estimate of drug-likeness (QED) is 0.783. The number of carbonyl (C=O) groups is 1. The number of benzene rings is 1. The Kier molecular flexibility index (Phi) is 4.04. The largest absolute Gasteiger partial charge is 0.359 e. The van der Waals surface area contributed by atoms with Crippen LogP contribution in [-0.4, -0.2) is 23.2 Å². The highest BCUT2D eigenvalue weighted by molar-refractivity contribution is 7.22. The van der Waals surface area contributed by atoms with Gasteiger partial charge in [-0.2, -0.15) is 0 Å². The molecule has 7 heteroatoms. The van der Waals surface area contributed by atoms with Crippen molar-refractivity contribution in [1.82, 2.24) is 10.1 Å². The van der Waals surface area contributed by atoms with E-state index >= 15 is 0 Å². The third kappa shape index (κ3) is 2.92. The summed E-state index contributed by atoms with van der Waals surface area (Å²) in [6.07, 6.45) is 0.977. The van der Waals surface area contributed by atoms with Gasteiger partial charge in [0.05, 0.1) is 10.2 Å². The molecular weight excluding hydrogens is 312 g/mol. The second-order valence-corrected chi connectivity index (χ2v) is 6.37. The summed E-state index contributed by atoms with van der Waals surface area (Å²) in [5, 5.41) is 7.29. The fourth-order valence-electron chi connectivity index (χ4n) is 2.48. The Balaban J connectivity index is 1.82. The lowest BCUT2D eigenvalue weighted by Crippen LogP contribution is -2.31. The summed E-state index contributed by atoms with van der Waals surface area (Å²) in [6, 6.07) is 5.89. The Labute approximate surface area is 138 Å². The van der Waals surface area contributed by atoms with E-state index in [4.69, 9.17) is 4.52 Å². The van der Waals surface area contributed by atoms with Crippen molar-refractivity contribution in [2.45, 2.75) is 27.2 Å². The van der Waals surface area contributed by atoms with Crippen molar-refractivity contribution in [3.63, 3.8) is 0 Å². The van der Waals surface area contributed by atoms with Crippen molar-refractivity contribution < 1.29 is 9.32 Å². The molecule has 0 bridgehead atoms. The SMILES string of the molecule is CCc1ccc2nc(NC(=O)N(C)c3c(C)noc3C)sc2c1. The summed E-state index contributed by atoms with van der Waals surface area (Å²) in [7, 11) is 1.68. The van der Waals surface area contributed by atoms with Gasteiger partial charge >= 0.3 is 6.03 Å². The molecule has 3 aromatic rings. The molecule has 0 atom stereocenters. The van der Waals surface area contributed by atoms with Crippen LogP contribution in [0.25, 0.3) is 10.2 Å². The minimum atomic E-state index is -0.269. The average molecular weight is 330 g/mol. The number of aryl methyl sites for hydroxylation is 3. The van der Waals surface area contributed by atoms with Crippen molar-refractivity contribution in [1.29, 1.82) is 0 Å². The molecule has 0 saturated heterocycles. The first-order chi connectivity index (χ1) is 11.0. The minimum Gasteiger partial charge on any atom is -0.359 e. The molecule has 0 spiro atoms. The lowest BCUT2D eigenvalue weighted by molar-refractivity contribution is 0.258. The topological polar surface area (TPSA) is 71.3 Å². The summed E-state index contributed by atoms with van der Waals surface area (Å²) in [6.45, 7) is 5.70. The second kappa shape index (κ2) is 6.00. The van der Waals surface area contributed by atoms with E-state index < -0.39 is 0 Å². The van der Waals surface area contributed by atoms with Crippen LogP contribution in [0, 0.1) is 13.8 Å². The summed E-state index contributed by atoms with van der Waals surface area (Å²) >= 11 is 1.47. The van der Waals surface area contributed by atoms with Gasteiger partial charge in [0, 0.05) is 7.05 Å². The molecule has 2 aromatic heterocycles. The number of nitrogens with one attached hydrogen (secondary N) is 1. The van der Waals surface area contributed by atoms with Gasteiger partial charge in [-0.05, 0) is 38.0 Å². The number of thiazole rings is 1. The van der Waals surface area contributed by atoms with Crippen LogP contribution < -0.4 is 10.2 Å². The van der Waals surface area contributed by atoms with Gasteiger partial charge in [0.15, 0.2) is 10.9 Å². The van der Waals surface area contributed by atoms with Gasteiger partial charge < -0.3 is 4.52 Å². The first kappa shape index (κ1) is 15.5. The maximum atomic E-state index is 12.4. The predicted molar refractivity (Wildman–Crippen MR) is 92.4 cm³/mol. The van der Waals surface area contributed by atoms with E-state index in [1.54, 1.807) is 20.9 Å². The third-order valence-corrected chi connectivity index (χ3v) is 4.64. The van der Waals surface area contributed by atoms with Crippen LogP contribution in [0.4, 0.5) is 15.6 Å². The maximum Gasteiger partial charge on any atom is 0.328 e. The Morgan fingerprint density at radius 1 is 1.39 bits per heavy atom. The summed E-state index contributed by atoms with van der Waals surface area (Å²) in [5.41, 5.74) is 3.50. The van der Waals surface area contributed by atoms with Crippen molar-refractivity contribution in [2.75, 3.05) is 17.3 Å². The molecule has 0 saturated carbocycles. The number of amides is 2. The molecule has 2 heterocycles. The second-order valence-electron chi connectivity index (χ2n) is 5.34. The first-order valence-electron chi connectivity index (χ1n) is 7.36. The van der Waals surface area contributed by atoms with Gasteiger partial charge in [0.1, 0.15) is 11.4 Å². The van der Waals surface area contributed by atoms with E-state index in [1.807, 2.05) is 6.07 Å². The fraction of sp³-hybridized carbons (Fsp3) is 0.312. The highest BCUT2D eigenvalue weighted by Gasteiger charge is 2.20. The molecule has 0 aliphatic heterocycles. The number of carbonyl (C=O) groups excluding carboxylic acids is 1. The van der Waals surface area contributed by atoms with Crippen molar-refractivity contribution in [3.05, 3.63) is 35.2 Å². The van der Waals surface area contributed by atoms with E-state index in [0.29, 0.717) is 22.3 Å². The smallest absolute Gasteiger partial charge is 0.328 e. The summed E-state index contributed by atoms with van der Waals surface area (Å²) in [5.74, 6) is 0.608. The number of rotatable bonds is 3. The predicted octanol–water partition coefficient (Wildman–Crippen LogP) is 4.13. The van der Waals surface area contributed by atoms with Crippen LogP contribution in [0.1, 0.15) is 23.9 Å². The zero-order valence-electron chi connectivity index (χ0n) is 13.5. The number of nitrogens with zero attached hydrogens (tertiary/aromatic N) is 3. The number of hydrogen-bond donors (Lipinski definition) is 1. The Hall–Kier alpha value is -2.41. The van der Waals surface area contributed by atoms with Crippen LogP contribution in [0.15, 0.2) is 22.7 Å². The van der Waals surface area contributed by atoms with Gasteiger partial charge in [0.25, 0.3) is 0 Å². The lowest BCUT2D eigenvalue weighted by Gasteiger charge is -2.16. The van der Waals surface area contributed by atoms with E-state index in [9.17, 15) is 4.79 Å². The third-order valence-electron chi connectivity index (χ3n) is 3.71. The molecule has 120 valence electrons. The Bertz CT molecular complexity index is 849. The molecule has 0 aliphatic rings. The van der Waals surface area contributed by atoms with E-state index in [0.717, 1.165) is 16.6 Å². The number of hydrogen-bond acceptors (Lipinski definition) is 5.